The topological polar surface area (TPSA) is 91.9 Å². The van der Waals surface area contributed by atoms with Crippen LogP contribution in [0.5, 0.6) is 0 Å². The van der Waals surface area contributed by atoms with Gasteiger partial charge in [-0.2, -0.15) is 0 Å². The monoisotopic (exact) mass is 244 g/mol. The maximum atomic E-state index is 8.78. The van der Waals surface area contributed by atoms with Crippen LogP contribution in [0.15, 0.2) is 30.5 Å². The van der Waals surface area contributed by atoms with Crippen molar-refractivity contribution in [3.05, 3.63) is 35.6 Å². The van der Waals surface area contributed by atoms with Gasteiger partial charge in [-0.1, -0.05) is 23.7 Å². The summed E-state index contributed by atoms with van der Waals surface area (Å²) in [5.41, 5.74) is 1.71. The summed E-state index contributed by atoms with van der Waals surface area (Å²) in [5, 5.41) is 4.46. The predicted molar refractivity (Wildman–Crippen MR) is 57.7 cm³/mol. The molecular formula is C8H7ClN3O2S-. The zero-order valence-electron chi connectivity index (χ0n) is 7.46. The Morgan fingerprint density at radius 1 is 1.33 bits per heavy atom. The Morgan fingerprint density at radius 3 is 2.47 bits per heavy atom. The SMILES string of the molecule is Clc1cnc2ccccc2n1.NS(=O)[O-]. The average molecular weight is 245 g/mol. The summed E-state index contributed by atoms with van der Waals surface area (Å²) in [7, 11) is 0. The first-order valence-corrected chi connectivity index (χ1v) is 5.32. The third-order valence-corrected chi connectivity index (χ3v) is 1.60. The Kier molecular flexibility index (Phi) is 4.57. The molecule has 0 bridgehead atoms. The van der Waals surface area contributed by atoms with Crippen LogP contribution >= 0.6 is 11.6 Å². The number of nitrogens with zero attached hydrogens (tertiary/aromatic N) is 2. The molecule has 0 spiro atoms. The van der Waals surface area contributed by atoms with Crippen LogP contribution in [-0.2, 0) is 11.3 Å². The summed E-state index contributed by atoms with van der Waals surface area (Å²) in [6, 6.07) is 7.62. The number of halogens is 1. The molecule has 7 heteroatoms. The third kappa shape index (κ3) is 4.30. The molecule has 0 aliphatic heterocycles. The van der Waals surface area contributed by atoms with Gasteiger partial charge < -0.3 is 4.55 Å². The van der Waals surface area contributed by atoms with Crippen molar-refractivity contribution in [1.29, 1.82) is 0 Å². The van der Waals surface area contributed by atoms with Crippen LogP contribution in [0.3, 0.4) is 0 Å². The fourth-order valence-electron chi connectivity index (χ4n) is 0.935. The van der Waals surface area contributed by atoms with E-state index >= 15 is 0 Å². The minimum atomic E-state index is -2.36. The molecule has 5 nitrogen and oxygen atoms in total. The molecule has 1 heterocycles. The molecular weight excluding hydrogens is 238 g/mol. The number of nitrogens with two attached hydrogens (primary N) is 1. The molecule has 2 rings (SSSR count). The largest absolute Gasteiger partial charge is 0.760 e. The van der Waals surface area contributed by atoms with Gasteiger partial charge in [-0.25, -0.2) is 4.98 Å². The standard InChI is InChI=1S/C8H5ClN2.H3NO2S/c9-8-5-10-6-3-1-2-4-7(6)11-8;1-4(2)3/h1-5H;1H2,(H,2,3)/p-1. The van der Waals surface area contributed by atoms with Crippen molar-refractivity contribution in [1.82, 2.24) is 9.97 Å². The van der Waals surface area contributed by atoms with Crippen molar-refractivity contribution in [3.8, 4) is 0 Å². The summed E-state index contributed by atoms with van der Waals surface area (Å²) in [4.78, 5) is 8.16. The maximum Gasteiger partial charge on any atom is 0.148 e. The van der Waals surface area contributed by atoms with E-state index in [0.29, 0.717) is 5.15 Å². The number of fused-ring (bicyclic) bond motifs is 1. The van der Waals surface area contributed by atoms with Crippen LogP contribution in [0.4, 0.5) is 0 Å². The normalized spacial score (nSPS) is 11.7. The van der Waals surface area contributed by atoms with E-state index < -0.39 is 11.3 Å². The summed E-state index contributed by atoms with van der Waals surface area (Å²) in [6.07, 6.45) is 1.55. The van der Waals surface area contributed by atoms with Gasteiger partial charge in [0.05, 0.1) is 17.2 Å². The molecule has 0 aliphatic carbocycles. The van der Waals surface area contributed by atoms with Gasteiger partial charge in [0.15, 0.2) is 0 Å². The highest BCUT2D eigenvalue weighted by atomic mass is 35.5. The van der Waals surface area contributed by atoms with E-state index in [-0.39, 0.29) is 0 Å². The van der Waals surface area contributed by atoms with Crippen LogP contribution in [-0.4, -0.2) is 18.7 Å². The molecule has 1 unspecified atom stereocenters. The van der Waals surface area contributed by atoms with Gasteiger partial charge in [-0.05, 0) is 12.1 Å². The Bertz CT molecular complexity index is 476. The molecule has 1 aromatic heterocycles. The van der Waals surface area contributed by atoms with Crippen molar-refractivity contribution < 1.29 is 8.76 Å². The number of hydrogen-bond acceptors (Lipinski definition) is 4. The fourth-order valence-corrected chi connectivity index (χ4v) is 1.07. The number of rotatable bonds is 0. The number of para-hydroxylation sites is 2. The Morgan fingerprint density at radius 2 is 1.87 bits per heavy atom. The number of benzene rings is 1. The van der Waals surface area contributed by atoms with Crippen molar-refractivity contribution >= 4 is 33.9 Å². The van der Waals surface area contributed by atoms with Gasteiger partial charge in [-0.15, -0.1) is 0 Å². The second kappa shape index (κ2) is 5.72. The van der Waals surface area contributed by atoms with Crippen LogP contribution in [0.25, 0.3) is 11.0 Å². The van der Waals surface area contributed by atoms with E-state index in [0.717, 1.165) is 11.0 Å². The lowest BCUT2D eigenvalue weighted by atomic mass is 10.3. The molecule has 1 atom stereocenters. The first-order chi connectivity index (χ1) is 7.09. The van der Waals surface area contributed by atoms with Gasteiger partial charge >= 0.3 is 0 Å². The lowest BCUT2D eigenvalue weighted by Crippen LogP contribution is -1.97. The maximum absolute atomic E-state index is 8.78. The lowest BCUT2D eigenvalue weighted by molar-refractivity contribution is 0.539. The zero-order chi connectivity index (χ0) is 11.3. The van der Waals surface area contributed by atoms with Gasteiger partial charge in [0.2, 0.25) is 0 Å². The van der Waals surface area contributed by atoms with Crippen LogP contribution in [0.1, 0.15) is 0 Å². The van der Waals surface area contributed by atoms with Crippen molar-refractivity contribution in [2.75, 3.05) is 0 Å². The van der Waals surface area contributed by atoms with Crippen LogP contribution in [0, 0.1) is 0 Å². The van der Waals surface area contributed by atoms with Gasteiger partial charge in [-0.3, -0.25) is 14.3 Å². The molecule has 0 saturated carbocycles. The molecule has 80 valence electrons. The highest BCUT2D eigenvalue weighted by molar-refractivity contribution is 7.76. The molecule has 0 aliphatic rings. The quantitative estimate of drug-likeness (QED) is 0.701. The van der Waals surface area contributed by atoms with Crippen molar-refractivity contribution in [2.45, 2.75) is 0 Å². The smallest absolute Gasteiger partial charge is 0.148 e. The second-order valence-corrected chi connectivity index (χ2v) is 3.35. The lowest BCUT2D eigenvalue weighted by Gasteiger charge is -1.93. The molecule has 0 fully saturated rings. The van der Waals surface area contributed by atoms with Gasteiger partial charge in [0.25, 0.3) is 0 Å². The summed E-state index contributed by atoms with van der Waals surface area (Å²) in [5.74, 6) is 0. The molecule has 0 saturated heterocycles. The zero-order valence-corrected chi connectivity index (χ0v) is 9.03. The first kappa shape index (κ1) is 12.0. The van der Waals surface area contributed by atoms with E-state index in [2.05, 4.69) is 15.1 Å². The van der Waals surface area contributed by atoms with Crippen molar-refractivity contribution in [3.63, 3.8) is 0 Å². The number of aromatic nitrogens is 2. The molecule has 1 aromatic carbocycles. The highest BCUT2D eigenvalue weighted by Crippen LogP contribution is 2.10. The molecule has 2 aromatic rings. The molecule has 2 N–H and O–H groups in total. The first-order valence-electron chi connectivity index (χ1n) is 3.80. The second-order valence-electron chi connectivity index (χ2n) is 2.44. The van der Waals surface area contributed by atoms with Crippen molar-refractivity contribution in [2.24, 2.45) is 5.14 Å². The average Bonchev–Trinajstić information content (AvgIpc) is 2.16. The minimum Gasteiger partial charge on any atom is -0.760 e. The minimum absolute atomic E-state index is 0.434. The summed E-state index contributed by atoms with van der Waals surface area (Å²) >= 11 is 3.28. The van der Waals surface area contributed by atoms with E-state index in [1.54, 1.807) is 6.20 Å². The van der Waals surface area contributed by atoms with E-state index in [4.69, 9.17) is 20.4 Å². The Labute approximate surface area is 93.7 Å². The summed E-state index contributed by atoms with van der Waals surface area (Å²) < 4.78 is 17.6. The highest BCUT2D eigenvalue weighted by Gasteiger charge is 1.93. The molecule has 0 radical (unpaired) electrons. The fraction of sp³-hybridized carbons (Fsp3) is 0. The van der Waals surface area contributed by atoms with Gasteiger partial charge in [0.1, 0.15) is 5.15 Å². The van der Waals surface area contributed by atoms with Gasteiger partial charge in [0, 0.05) is 11.3 Å². The van der Waals surface area contributed by atoms with Crippen LogP contribution in [0.2, 0.25) is 5.15 Å². The van der Waals surface area contributed by atoms with E-state index in [9.17, 15) is 0 Å². The van der Waals surface area contributed by atoms with E-state index in [1.165, 1.54) is 0 Å². The predicted octanol–water partition coefficient (Wildman–Crippen LogP) is 1.02. The molecule has 15 heavy (non-hydrogen) atoms. The third-order valence-electron chi connectivity index (χ3n) is 1.42. The summed E-state index contributed by atoms with van der Waals surface area (Å²) in [6.45, 7) is 0. The van der Waals surface area contributed by atoms with Crippen LogP contribution < -0.4 is 5.14 Å². The van der Waals surface area contributed by atoms with E-state index in [1.807, 2.05) is 24.3 Å². The number of hydrogen-bond donors (Lipinski definition) is 1. The Balaban J connectivity index is 0.000000245. The Hall–Kier alpha value is -1.08. The molecule has 0 amide bonds.